The highest BCUT2D eigenvalue weighted by atomic mass is 16.7. The summed E-state index contributed by atoms with van der Waals surface area (Å²) < 4.78 is 21.7. The fourth-order valence-electron chi connectivity index (χ4n) is 3.45. The molecule has 2 heterocycles. The molecule has 4 N–H and O–H groups in total. The Labute approximate surface area is 176 Å². The summed E-state index contributed by atoms with van der Waals surface area (Å²) in [7, 11) is 1.56. The van der Waals surface area contributed by atoms with Crippen molar-refractivity contribution in [3.63, 3.8) is 0 Å². The fourth-order valence-corrected chi connectivity index (χ4v) is 3.45. The van der Waals surface area contributed by atoms with Crippen LogP contribution in [0.25, 0.3) is 22.1 Å². The second-order valence-electron chi connectivity index (χ2n) is 7.18. The van der Waals surface area contributed by atoms with Crippen molar-refractivity contribution >= 4 is 11.0 Å². The van der Waals surface area contributed by atoms with Gasteiger partial charge in [-0.1, -0.05) is 12.1 Å². The minimum absolute atomic E-state index is 0.206. The van der Waals surface area contributed by atoms with Gasteiger partial charge in [-0.15, -0.1) is 0 Å². The average molecular weight is 430 g/mol. The van der Waals surface area contributed by atoms with Crippen LogP contribution >= 0.6 is 0 Å². The van der Waals surface area contributed by atoms with Crippen LogP contribution in [-0.2, 0) is 4.74 Å². The lowest BCUT2D eigenvalue weighted by atomic mass is 9.99. The zero-order valence-corrected chi connectivity index (χ0v) is 16.5. The van der Waals surface area contributed by atoms with Gasteiger partial charge in [-0.3, -0.25) is 4.79 Å². The zero-order valence-electron chi connectivity index (χ0n) is 16.5. The Bertz CT molecular complexity index is 1110. The number of aliphatic hydroxyl groups excluding tert-OH is 4. The van der Waals surface area contributed by atoms with Crippen molar-refractivity contribution in [1.82, 2.24) is 0 Å². The lowest BCUT2D eigenvalue weighted by molar-refractivity contribution is -0.277. The molecule has 5 unspecified atom stereocenters. The van der Waals surface area contributed by atoms with E-state index in [9.17, 15) is 25.2 Å². The van der Waals surface area contributed by atoms with E-state index in [1.807, 2.05) is 0 Å². The molecule has 0 amide bonds. The first-order valence-corrected chi connectivity index (χ1v) is 9.60. The molecule has 0 bridgehead atoms. The third-order valence-corrected chi connectivity index (χ3v) is 5.25. The summed E-state index contributed by atoms with van der Waals surface area (Å²) in [6, 6.07) is 11.5. The quantitative estimate of drug-likeness (QED) is 0.459. The number of benzene rings is 2. The fraction of sp³-hybridized carbons (Fsp3) is 0.318. The summed E-state index contributed by atoms with van der Waals surface area (Å²) in [5, 5.41) is 39.5. The number of methoxy groups -OCH3 is 1. The van der Waals surface area contributed by atoms with E-state index in [1.54, 1.807) is 31.4 Å². The SMILES string of the molecule is COc1ccc(-c2coc3cc(OC4OC(CO)C(O)C(O)C4O)ccc3c2=O)cc1. The first kappa shape index (κ1) is 21.3. The van der Waals surface area contributed by atoms with Gasteiger partial charge in [0, 0.05) is 6.07 Å². The monoisotopic (exact) mass is 430 g/mol. The van der Waals surface area contributed by atoms with Crippen molar-refractivity contribution in [3.8, 4) is 22.6 Å². The Morgan fingerprint density at radius 1 is 0.968 bits per heavy atom. The van der Waals surface area contributed by atoms with Crippen LogP contribution in [0.4, 0.5) is 0 Å². The van der Waals surface area contributed by atoms with Gasteiger partial charge in [0.25, 0.3) is 0 Å². The molecule has 164 valence electrons. The molecule has 0 spiro atoms. The Morgan fingerprint density at radius 3 is 2.35 bits per heavy atom. The molecule has 1 aliphatic heterocycles. The minimum Gasteiger partial charge on any atom is -0.497 e. The van der Waals surface area contributed by atoms with E-state index in [1.165, 1.54) is 24.5 Å². The second kappa shape index (κ2) is 8.66. The van der Waals surface area contributed by atoms with E-state index in [0.29, 0.717) is 22.3 Å². The molecule has 0 saturated carbocycles. The summed E-state index contributed by atoms with van der Waals surface area (Å²) in [4.78, 5) is 12.9. The lowest BCUT2D eigenvalue weighted by Gasteiger charge is -2.39. The van der Waals surface area contributed by atoms with Gasteiger partial charge in [0.05, 0.1) is 24.7 Å². The number of fused-ring (bicyclic) bond motifs is 1. The highest BCUT2D eigenvalue weighted by molar-refractivity contribution is 5.82. The van der Waals surface area contributed by atoms with Gasteiger partial charge in [0.15, 0.2) is 5.43 Å². The van der Waals surface area contributed by atoms with Crippen molar-refractivity contribution in [2.75, 3.05) is 13.7 Å². The molecule has 9 nitrogen and oxygen atoms in total. The lowest BCUT2D eigenvalue weighted by Crippen LogP contribution is -2.60. The predicted molar refractivity (Wildman–Crippen MR) is 109 cm³/mol. The maximum absolute atomic E-state index is 12.9. The highest BCUT2D eigenvalue weighted by Crippen LogP contribution is 2.28. The van der Waals surface area contributed by atoms with Gasteiger partial charge < -0.3 is 39.1 Å². The first-order chi connectivity index (χ1) is 14.9. The molecule has 31 heavy (non-hydrogen) atoms. The van der Waals surface area contributed by atoms with Crippen LogP contribution in [0.1, 0.15) is 0 Å². The minimum atomic E-state index is -1.55. The molecule has 2 aromatic carbocycles. The third-order valence-electron chi connectivity index (χ3n) is 5.25. The standard InChI is InChI=1S/C22H22O9/c1-28-12-4-2-11(3-5-12)15-10-29-16-8-13(6-7-14(16)18(15)24)30-22-21(27)20(26)19(25)17(9-23)31-22/h2-8,10,17,19-23,25-27H,9H2,1H3. The summed E-state index contributed by atoms with van der Waals surface area (Å²) in [5.74, 6) is 0.876. The van der Waals surface area contributed by atoms with Crippen LogP contribution in [0, 0.1) is 0 Å². The van der Waals surface area contributed by atoms with Crippen LogP contribution < -0.4 is 14.9 Å². The number of hydrogen-bond acceptors (Lipinski definition) is 9. The molecule has 1 saturated heterocycles. The van der Waals surface area contributed by atoms with E-state index >= 15 is 0 Å². The van der Waals surface area contributed by atoms with E-state index in [0.717, 1.165) is 0 Å². The Hall–Kier alpha value is -2.95. The third kappa shape index (κ3) is 4.01. The van der Waals surface area contributed by atoms with Crippen molar-refractivity contribution in [1.29, 1.82) is 0 Å². The molecule has 9 heteroatoms. The smallest absolute Gasteiger partial charge is 0.229 e. The van der Waals surface area contributed by atoms with Gasteiger partial charge in [-0.25, -0.2) is 0 Å². The Balaban J connectivity index is 1.61. The summed E-state index contributed by atoms with van der Waals surface area (Å²) in [6.45, 7) is -0.564. The van der Waals surface area contributed by atoms with Crippen molar-refractivity contribution in [2.24, 2.45) is 0 Å². The van der Waals surface area contributed by atoms with Crippen LogP contribution in [0.3, 0.4) is 0 Å². The molecule has 0 radical (unpaired) electrons. The number of rotatable bonds is 5. The largest absolute Gasteiger partial charge is 0.497 e. The highest BCUT2D eigenvalue weighted by Gasteiger charge is 2.44. The van der Waals surface area contributed by atoms with Gasteiger partial charge in [0.1, 0.15) is 47.8 Å². The normalized spacial score (nSPS) is 26.0. The van der Waals surface area contributed by atoms with Crippen molar-refractivity contribution in [2.45, 2.75) is 30.7 Å². The van der Waals surface area contributed by atoms with E-state index in [4.69, 9.17) is 18.6 Å². The van der Waals surface area contributed by atoms with E-state index < -0.39 is 37.3 Å². The van der Waals surface area contributed by atoms with Crippen LogP contribution in [0.5, 0.6) is 11.5 Å². The molecule has 1 aromatic heterocycles. The molecule has 3 aromatic rings. The molecular formula is C22H22O9. The summed E-state index contributed by atoms with van der Waals surface area (Å²) in [5.41, 5.74) is 1.09. The summed E-state index contributed by atoms with van der Waals surface area (Å²) in [6.07, 6.45) is -5.65. The van der Waals surface area contributed by atoms with E-state index in [2.05, 4.69) is 0 Å². The average Bonchev–Trinajstić information content (AvgIpc) is 2.80. The number of ether oxygens (including phenoxy) is 3. The predicted octanol–water partition coefficient (Wildman–Crippen LogP) is 0.647. The van der Waals surface area contributed by atoms with Crippen LogP contribution in [-0.4, -0.2) is 64.8 Å². The van der Waals surface area contributed by atoms with Gasteiger partial charge in [-0.05, 0) is 29.8 Å². The zero-order chi connectivity index (χ0) is 22.1. The molecule has 1 aliphatic rings. The number of hydrogen-bond donors (Lipinski definition) is 4. The number of aliphatic hydroxyl groups is 4. The van der Waals surface area contributed by atoms with Crippen molar-refractivity contribution in [3.05, 3.63) is 59.0 Å². The molecule has 0 aliphatic carbocycles. The van der Waals surface area contributed by atoms with Crippen LogP contribution in [0.2, 0.25) is 0 Å². The molecule has 4 rings (SSSR count). The maximum atomic E-state index is 12.9. The second-order valence-corrected chi connectivity index (χ2v) is 7.18. The first-order valence-electron chi connectivity index (χ1n) is 9.60. The van der Waals surface area contributed by atoms with Gasteiger partial charge in [0.2, 0.25) is 6.29 Å². The summed E-state index contributed by atoms with van der Waals surface area (Å²) >= 11 is 0. The Kier molecular flexibility index (Phi) is 5.94. The Morgan fingerprint density at radius 2 is 1.68 bits per heavy atom. The maximum Gasteiger partial charge on any atom is 0.229 e. The molecular weight excluding hydrogens is 408 g/mol. The van der Waals surface area contributed by atoms with Crippen LogP contribution in [0.15, 0.2) is 57.9 Å². The van der Waals surface area contributed by atoms with Gasteiger partial charge >= 0.3 is 0 Å². The molecule has 1 fully saturated rings. The van der Waals surface area contributed by atoms with Gasteiger partial charge in [-0.2, -0.15) is 0 Å². The van der Waals surface area contributed by atoms with E-state index in [-0.39, 0.29) is 16.8 Å². The van der Waals surface area contributed by atoms with Crippen molar-refractivity contribution < 1.29 is 39.1 Å². The topological polar surface area (TPSA) is 139 Å². The molecule has 5 atom stereocenters.